The van der Waals surface area contributed by atoms with Gasteiger partial charge in [-0.15, -0.1) is 0 Å². The molecular weight excluding hydrogens is 272 g/mol. The first-order valence-corrected chi connectivity index (χ1v) is 5.83. The van der Waals surface area contributed by atoms with Crippen molar-refractivity contribution >= 4 is 29.1 Å². The maximum Gasteiger partial charge on any atom is 0.339 e. The fourth-order valence-electron chi connectivity index (χ4n) is 1.81. The lowest BCUT2D eigenvalue weighted by Gasteiger charge is -2.15. The topological polar surface area (TPSA) is 80.7 Å². The lowest BCUT2D eigenvalue weighted by atomic mass is 9.90. The number of halogens is 1. The van der Waals surface area contributed by atoms with Gasteiger partial charge in [0.1, 0.15) is 5.75 Å². The highest BCUT2D eigenvalue weighted by molar-refractivity contribution is 6.49. The van der Waals surface area contributed by atoms with Crippen LogP contribution in [-0.2, 0) is 4.74 Å². The molecule has 1 N–H and O–H groups in total. The number of rotatable bonds is 2. The van der Waals surface area contributed by atoms with Gasteiger partial charge in [0.05, 0.1) is 17.2 Å². The Hall–Kier alpha value is -2.14. The molecule has 19 heavy (non-hydrogen) atoms. The van der Waals surface area contributed by atoms with Crippen LogP contribution in [0.4, 0.5) is 0 Å². The average Bonchev–Trinajstić information content (AvgIpc) is 2.35. The number of ether oxygens (including phenoxy) is 1. The van der Waals surface area contributed by atoms with Gasteiger partial charge in [-0.1, -0.05) is 11.6 Å². The summed E-state index contributed by atoms with van der Waals surface area (Å²) in [4.78, 5) is 35.5. The van der Waals surface area contributed by atoms with Crippen LogP contribution in [0, 0.1) is 0 Å². The van der Waals surface area contributed by atoms with E-state index < -0.39 is 17.5 Å². The number of ketones is 2. The van der Waals surface area contributed by atoms with Crippen LogP contribution in [0.1, 0.15) is 38.0 Å². The average molecular weight is 281 g/mol. The second-order valence-corrected chi connectivity index (χ2v) is 4.23. The van der Waals surface area contributed by atoms with Crippen LogP contribution in [0.25, 0.3) is 0 Å². The molecule has 0 spiro atoms. The molecule has 1 aromatic rings. The molecule has 0 bridgehead atoms. The first kappa shape index (κ1) is 13.3. The molecule has 2 rings (SSSR count). The Labute approximate surface area is 113 Å². The van der Waals surface area contributed by atoms with Crippen LogP contribution >= 0.6 is 11.6 Å². The van der Waals surface area contributed by atoms with Crippen LogP contribution in [0.2, 0.25) is 0 Å². The molecule has 0 unspecified atom stereocenters. The summed E-state index contributed by atoms with van der Waals surface area (Å²) >= 11 is 5.66. The number of carbonyl (C=O) groups excluding carboxylic acids is 3. The number of phenolic OH excluding ortho intramolecular Hbond substituents is 1. The minimum absolute atomic E-state index is 0.0579. The normalized spacial score (nSPS) is 13.9. The molecule has 0 aliphatic heterocycles. The van der Waals surface area contributed by atoms with Gasteiger partial charge in [0, 0.05) is 17.2 Å². The van der Waals surface area contributed by atoms with E-state index in [1.807, 2.05) is 0 Å². The minimum Gasteiger partial charge on any atom is -0.508 e. The molecule has 5 nitrogen and oxygen atoms in total. The maximum absolute atomic E-state index is 12.0. The first-order valence-electron chi connectivity index (χ1n) is 5.46. The van der Waals surface area contributed by atoms with E-state index >= 15 is 0 Å². The summed E-state index contributed by atoms with van der Waals surface area (Å²) in [6.07, 6.45) is 0.959. The van der Waals surface area contributed by atoms with Gasteiger partial charge in [-0.05, 0) is 19.1 Å². The molecule has 0 atom stereocenters. The molecule has 0 aromatic heterocycles. The predicted molar refractivity (Wildman–Crippen MR) is 66.7 cm³/mol. The van der Waals surface area contributed by atoms with Gasteiger partial charge in [-0.3, -0.25) is 9.59 Å². The Balaban J connectivity index is 2.69. The Morgan fingerprint density at radius 1 is 1.37 bits per heavy atom. The number of hydrogen-bond acceptors (Lipinski definition) is 5. The highest BCUT2D eigenvalue weighted by Gasteiger charge is 2.30. The lowest BCUT2D eigenvalue weighted by Crippen LogP contribution is -2.20. The SMILES string of the molecule is CCOC(=O)c1cc(O)cc2c1C(=O)C(Cl)=CC2=O. The van der Waals surface area contributed by atoms with Crippen molar-refractivity contribution in [2.75, 3.05) is 6.61 Å². The van der Waals surface area contributed by atoms with Crippen molar-refractivity contribution < 1.29 is 24.2 Å². The third-order valence-electron chi connectivity index (χ3n) is 2.59. The van der Waals surface area contributed by atoms with Crippen LogP contribution < -0.4 is 0 Å². The zero-order valence-corrected chi connectivity index (χ0v) is 10.7. The molecule has 0 radical (unpaired) electrons. The molecule has 0 amide bonds. The number of allylic oxidation sites excluding steroid dienone is 2. The van der Waals surface area contributed by atoms with Crippen molar-refractivity contribution in [2.24, 2.45) is 0 Å². The summed E-state index contributed by atoms with van der Waals surface area (Å²) in [7, 11) is 0. The molecule has 1 aliphatic rings. The number of Topliss-reactive ketones (excluding diaryl/α,β-unsaturated/α-hetero) is 1. The molecule has 6 heteroatoms. The summed E-state index contributed by atoms with van der Waals surface area (Å²) in [6.45, 7) is 1.71. The molecule has 1 aromatic carbocycles. The Bertz CT molecular complexity index is 630. The maximum atomic E-state index is 12.0. The number of phenols is 1. The quantitative estimate of drug-likeness (QED) is 0.839. The highest BCUT2D eigenvalue weighted by Crippen LogP contribution is 2.30. The fraction of sp³-hybridized carbons (Fsp3) is 0.154. The zero-order valence-electron chi connectivity index (χ0n) is 9.90. The zero-order chi connectivity index (χ0) is 14.2. The molecule has 0 heterocycles. The number of aromatic hydroxyl groups is 1. The summed E-state index contributed by atoms with van der Waals surface area (Å²) in [6, 6.07) is 2.20. The Morgan fingerprint density at radius 3 is 2.68 bits per heavy atom. The predicted octanol–water partition coefficient (Wildman–Crippen LogP) is 2.07. The standard InChI is InChI=1S/C13H9ClO5/c1-2-19-13(18)8-4-6(15)3-7-10(16)5-9(14)12(17)11(7)8/h3-5,15H,2H2,1H3. The van der Waals surface area contributed by atoms with Gasteiger partial charge in [0.25, 0.3) is 0 Å². The van der Waals surface area contributed by atoms with E-state index in [0.29, 0.717) is 0 Å². The number of benzene rings is 1. The van der Waals surface area contributed by atoms with Crippen molar-refractivity contribution in [2.45, 2.75) is 6.92 Å². The van der Waals surface area contributed by atoms with Crippen molar-refractivity contribution in [3.05, 3.63) is 39.9 Å². The monoisotopic (exact) mass is 280 g/mol. The fourth-order valence-corrected chi connectivity index (χ4v) is 2.01. The van der Waals surface area contributed by atoms with Crippen molar-refractivity contribution in [3.8, 4) is 5.75 Å². The molecule has 98 valence electrons. The van der Waals surface area contributed by atoms with E-state index in [0.717, 1.165) is 18.2 Å². The van der Waals surface area contributed by atoms with Crippen molar-refractivity contribution in [3.63, 3.8) is 0 Å². The molecule has 0 saturated carbocycles. The number of carbonyl (C=O) groups is 3. The van der Waals surface area contributed by atoms with Gasteiger partial charge in [0.15, 0.2) is 5.78 Å². The van der Waals surface area contributed by atoms with Gasteiger partial charge in [0.2, 0.25) is 5.78 Å². The molecule has 0 fully saturated rings. The van der Waals surface area contributed by atoms with E-state index in [2.05, 4.69) is 0 Å². The Morgan fingerprint density at radius 2 is 2.05 bits per heavy atom. The van der Waals surface area contributed by atoms with Crippen molar-refractivity contribution in [1.82, 2.24) is 0 Å². The minimum atomic E-state index is -0.790. The van der Waals surface area contributed by atoms with Crippen LogP contribution in [0.3, 0.4) is 0 Å². The van der Waals surface area contributed by atoms with Gasteiger partial charge >= 0.3 is 5.97 Å². The summed E-state index contributed by atoms with van der Waals surface area (Å²) in [5.41, 5.74) is -0.354. The van der Waals surface area contributed by atoms with Crippen LogP contribution in [0.15, 0.2) is 23.2 Å². The highest BCUT2D eigenvalue weighted by atomic mass is 35.5. The van der Waals surface area contributed by atoms with E-state index in [4.69, 9.17) is 16.3 Å². The van der Waals surface area contributed by atoms with Gasteiger partial charge in [-0.2, -0.15) is 0 Å². The molecule has 0 saturated heterocycles. The number of hydrogen-bond donors (Lipinski definition) is 1. The van der Waals surface area contributed by atoms with Crippen LogP contribution in [-0.4, -0.2) is 29.2 Å². The van der Waals surface area contributed by atoms with E-state index in [1.54, 1.807) is 6.92 Å². The van der Waals surface area contributed by atoms with Gasteiger partial charge < -0.3 is 9.84 Å². The van der Waals surface area contributed by atoms with E-state index in [1.165, 1.54) is 0 Å². The van der Waals surface area contributed by atoms with Crippen molar-refractivity contribution in [1.29, 1.82) is 0 Å². The third-order valence-corrected chi connectivity index (χ3v) is 2.87. The molecular formula is C13H9ClO5. The summed E-state index contributed by atoms with van der Waals surface area (Å²) < 4.78 is 4.79. The lowest BCUT2D eigenvalue weighted by molar-refractivity contribution is 0.0523. The number of esters is 1. The second kappa shape index (κ2) is 4.85. The van der Waals surface area contributed by atoms with Gasteiger partial charge in [-0.25, -0.2) is 4.79 Å². The van der Waals surface area contributed by atoms with E-state index in [-0.39, 0.29) is 34.1 Å². The smallest absolute Gasteiger partial charge is 0.339 e. The number of fused-ring (bicyclic) bond motifs is 1. The largest absolute Gasteiger partial charge is 0.508 e. The second-order valence-electron chi connectivity index (χ2n) is 3.82. The first-order chi connectivity index (χ1) is 8.95. The summed E-state index contributed by atoms with van der Waals surface area (Å²) in [5, 5.41) is 9.26. The van der Waals surface area contributed by atoms with Crippen LogP contribution in [0.5, 0.6) is 5.75 Å². The Kier molecular flexibility index (Phi) is 3.40. The molecule has 1 aliphatic carbocycles. The third kappa shape index (κ3) is 2.24. The van der Waals surface area contributed by atoms with E-state index in [9.17, 15) is 19.5 Å². The summed E-state index contributed by atoms with van der Waals surface area (Å²) in [5.74, 6) is -2.27.